The molecule has 6 heteroatoms. The molecule has 0 atom stereocenters. The van der Waals surface area contributed by atoms with Crippen LogP contribution in [-0.2, 0) is 12.7 Å². The van der Waals surface area contributed by atoms with E-state index in [1.54, 1.807) is 12.3 Å². The number of hydrogen-bond acceptors (Lipinski definition) is 2. The molecular formula is C14H12BrF3N2. The number of pyridine rings is 1. The van der Waals surface area contributed by atoms with Crippen molar-refractivity contribution in [3.63, 3.8) is 0 Å². The Morgan fingerprint density at radius 3 is 2.65 bits per heavy atom. The molecule has 2 aromatic rings. The van der Waals surface area contributed by atoms with Crippen LogP contribution in [-0.4, -0.2) is 4.98 Å². The summed E-state index contributed by atoms with van der Waals surface area (Å²) in [5.41, 5.74) is 1.52. The van der Waals surface area contributed by atoms with Crippen LogP contribution < -0.4 is 5.32 Å². The molecule has 0 amide bonds. The average molecular weight is 345 g/mol. The van der Waals surface area contributed by atoms with Crippen molar-refractivity contribution < 1.29 is 13.2 Å². The summed E-state index contributed by atoms with van der Waals surface area (Å²) in [5.74, 6) is 0. The molecule has 0 saturated heterocycles. The van der Waals surface area contributed by atoms with Gasteiger partial charge in [-0.2, -0.15) is 13.2 Å². The van der Waals surface area contributed by atoms with Crippen LogP contribution in [0.2, 0.25) is 0 Å². The molecule has 1 aromatic heterocycles. The molecule has 0 aliphatic rings. The van der Waals surface area contributed by atoms with Gasteiger partial charge in [-0.05, 0) is 36.8 Å². The lowest BCUT2D eigenvalue weighted by Crippen LogP contribution is -2.08. The molecule has 2 rings (SSSR count). The third-order valence-corrected chi connectivity index (χ3v) is 3.54. The Kier molecular flexibility index (Phi) is 4.32. The van der Waals surface area contributed by atoms with Crippen molar-refractivity contribution in [1.29, 1.82) is 0 Å². The number of aryl methyl sites for hydroxylation is 1. The van der Waals surface area contributed by atoms with E-state index in [1.165, 1.54) is 6.07 Å². The number of nitrogens with one attached hydrogen (secondary N) is 1. The molecule has 1 N–H and O–H groups in total. The number of hydrogen-bond donors (Lipinski definition) is 1. The Bertz CT molecular complexity index is 612. The number of aromatic nitrogens is 1. The Balaban J connectivity index is 2.17. The summed E-state index contributed by atoms with van der Waals surface area (Å²) in [4.78, 5) is 4.19. The van der Waals surface area contributed by atoms with E-state index < -0.39 is 11.7 Å². The largest absolute Gasteiger partial charge is 0.417 e. The molecule has 106 valence electrons. The third-order valence-electron chi connectivity index (χ3n) is 2.85. The molecule has 1 aromatic carbocycles. The molecule has 2 nitrogen and oxygen atoms in total. The molecule has 0 unspecified atom stereocenters. The minimum absolute atomic E-state index is 0.0320. The molecule has 0 aliphatic heterocycles. The lowest BCUT2D eigenvalue weighted by molar-refractivity contribution is -0.138. The van der Waals surface area contributed by atoms with Crippen LogP contribution in [0.3, 0.4) is 0 Å². The van der Waals surface area contributed by atoms with Crippen LogP contribution >= 0.6 is 15.9 Å². The zero-order valence-electron chi connectivity index (χ0n) is 10.6. The summed E-state index contributed by atoms with van der Waals surface area (Å²) in [5, 5.41) is 2.96. The van der Waals surface area contributed by atoms with Gasteiger partial charge in [0, 0.05) is 16.4 Å². The highest BCUT2D eigenvalue weighted by atomic mass is 79.9. The predicted molar refractivity (Wildman–Crippen MR) is 75.4 cm³/mol. The van der Waals surface area contributed by atoms with Gasteiger partial charge in [-0.15, -0.1) is 0 Å². The van der Waals surface area contributed by atoms with Gasteiger partial charge in [0.2, 0.25) is 0 Å². The Hall–Kier alpha value is -1.56. The first-order valence-electron chi connectivity index (χ1n) is 5.89. The van der Waals surface area contributed by atoms with Crippen molar-refractivity contribution in [2.24, 2.45) is 0 Å². The molecule has 1 heterocycles. The van der Waals surface area contributed by atoms with Crippen LogP contribution in [0.1, 0.15) is 16.8 Å². The third kappa shape index (κ3) is 3.50. The molecule has 0 spiro atoms. The molecule has 0 fully saturated rings. The van der Waals surface area contributed by atoms with Gasteiger partial charge in [-0.25, -0.2) is 0 Å². The highest BCUT2D eigenvalue weighted by Gasteiger charge is 2.33. The van der Waals surface area contributed by atoms with E-state index in [-0.39, 0.29) is 4.47 Å². The van der Waals surface area contributed by atoms with Crippen molar-refractivity contribution >= 4 is 21.6 Å². The molecule has 0 bridgehead atoms. The fourth-order valence-corrected chi connectivity index (χ4v) is 2.21. The van der Waals surface area contributed by atoms with Crippen LogP contribution in [0.5, 0.6) is 0 Å². The summed E-state index contributed by atoms with van der Waals surface area (Å²) < 4.78 is 38.4. The van der Waals surface area contributed by atoms with Crippen molar-refractivity contribution in [3.8, 4) is 0 Å². The van der Waals surface area contributed by atoms with Crippen LogP contribution in [0.15, 0.2) is 41.0 Å². The van der Waals surface area contributed by atoms with E-state index in [4.69, 9.17) is 0 Å². The van der Waals surface area contributed by atoms with E-state index in [0.717, 1.165) is 17.3 Å². The lowest BCUT2D eigenvalue weighted by Gasteiger charge is -2.13. The number of anilines is 1. The van der Waals surface area contributed by atoms with E-state index >= 15 is 0 Å². The predicted octanol–water partition coefficient (Wildman–Crippen LogP) is 4.78. The van der Waals surface area contributed by atoms with Crippen LogP contribution in [0.25, 0.3) is 0 Å². The second kappa shape index (κ2) is 5.83. The van der Waals surface area contributed by atoms with Crippen molar-refractivity contribution in [2.75, 3.05) is 5.32 Å². The second-order valence-corrected chi connectivity index (χ2v) is 5.17. The van der Waals surface area contributed by atoms with E-state index in [9.17, 15) is 13.2 Å². The lowest BCUT2D eigenvalue weighted by atomic mass is 10.2. The Labute approximate surface area is 123 Å². The van der Waals surface area contributed by atoms with Crippen molar-refractivity contribution in [3.05, 3.63) is 57.8 Å². The topological polar surface area (TPSA) is 24.9 Å². The van der Waals surface area contributed by atoms with E-state index in [2.05, 4.69) is 26.2 Å². The second-order valence-electron chi connectivity index (χ2n) is 4.31. The van der Waals surface area contributed by atoms with Gasteiger partial charge < -0.3 is 5.32 Å². The van der Waals surface area contributed by atoms with Gasteiger partial charge in [-0.1, -0.05) is 22.0 Å². The first kappa shape index (κ1) is 14.8. The van der Waals surface area contributed by atoms with Crippen molar-refractivity contribution in [1.82, 2.24) is 4.98 Å². The van der Waals surface area contributed by atoms with E-state index in [1.807, 2.05) is 19.1 Å². The minimum atomic E-state index is -4.38. The highest BCUT2D eigenvalue weighted by Crippen LogP contribution is 2.36. The van der Waals surface area contributed by atoms with Gasteiger partial charge in [0.15, 0.2) is 0 Å². The van der Waals surface area contributed by atoms with Crippen LogP contribution in [0, 0.1) is 6.92 Å². The normalized spacial score (nSPS) is 11.4. The van der Waals surface area contributed by atoms with E-state index in [0.29, 0.717) is 12.2 Å². The van der Waals surface area contributed by atoms with Gasteiger partial charge in [0.1, 0.15) is 0 Å². The monoisotopic (exact) mass is 344 g/mol. The first-order valence-corrected chi connectivity index (χ1v) is 6.68. The van der Waals surface area contributed by atoms with Gasteiger partial charge in [0.05, 0.1) is 17.8 Å². The summed E-state index contributed by atoms with van der Waals surface area (Å²) in [6.45, 7) is 2.29. The number of halogens is 4. The maximum atomic E-state index is 12.8. The first-order chi connectivity index (χ1) is 9.38. The number of alkyl halides is 3. The van der Waals surface area contributed by atoms with Crippen LogP contribution in [0.4, 0.5) is 18.9 Å². The maximum absolute atomic E-state index is 12.8. The van der Waals surface area contributed by atoms with Gasteiger partial charge in [-0.3, -0.25) is 4.98 Å². The summed E-state index contributed by atoms with van der Waals surface area (Å²) >= 11 is 2.91. The quantitative estimate of drug-likeness (QED) is 0.866. The molecule has 0 aliphatic carbocycles. The number of rotatable bonds is 3. The summed E-state index contributed by atoms with van der Waals surface area (Å²) in [6, 6.07) is 7.79. The molecule has 20 heavy (non-hydrogen) atoms. The molecular weight excluding hydrogens is 333 g/mol. The van der Waals surface area contributed by atoms with Crippen molar-refractivity contribution in [2.45, 2.75) is 19.6 Å². The fourth-order valence-electron chi connectivity index (χ4n) is 1.74. The summed E-state index contributed by atoms with van der Waals surface area (Å²) in [6.07, 6.45) is -2.72. The number of nitrogens with zero attached hydrogens (tertiary/aromatic N) is 1. The van der Waals surface area contributed by atoms with Gasteiger partial charge >= 0.3 is 6.18 Å². The van der Waals surface area contributed by atoms with Gasteiger partial charge in [0.25, 0.3) is 0 Å². The number of benzene rings is 1. The molecule has 0 radical (unpaired) electrons. The average Bonchev–Trinajstić information content (AvgIpc) is 2.38. The zero-order valence-corrected chi connectivity index (χ0v) is 12.2. The summed E-state index contributed by atoms with van der Waals surface area (Å²) in [7, 11) is 0. The standard InChI is InChI=1S/C14H12BrF3N2/c1-9-3-2-6-19-13(9)8-20-10-4-5-12(15)11(7-10)14(16,17)18/h2-7,20H,8H2,1H3. The molecule has 0 saturated carbocycles. The smallest absolute Gasteiger partial charge is 0.379 e. The minimum Gasteiger partial charge on any atom is -0.379 e. The Morgan fingerprint density at radius 2 is 2.00 bits per heavy atom. The highest BCUT2D eigenvalue weighted by molar-refractivity contribution is 9.10. The fraction of sp³-hybridized carbons (Fsp3) is 0.214. The maximum Gasteiger partial charge on any atom is 0.417 e. The zero-order chi connectivity index (χ0) is 14.8. The SMILES string of the molecule is Cc1cccnc1CNc1ccc(Br)c(C(F)(F)F)c1. The Morgan fingerprint density at radius 1 is 1.25 bits per heavy atom.